The predicted molar refractivity (Wildman–Crippen MR) is 127 cm³/mol. The fraction of sp³-hybridized carbons (Fsp3) is 0.231. The molecule has 0 bridgehead atoms. The van der Waals surface area contributed by atoms with E-state index in [1.807, 2.05) is 11.8 Å². The minimum Gasteiger partial charge on any atom is -0.454 e. The molecule has 0 spiro atoms. The normalized spacial score (nSPS) is 17.4. The zero-order valence-electron chi connectivity index (χ0n) is 19.2. The molecule has 1 N–H and O–H groups in total. The van der Waals surface area contributed by atoms with Crippen LogP contribution in [0.5, 0.6) is 11.5 Å². The maximum atomic E-state index is 13.5. The first-order valence-corrected chi connectivity index (χ1v) is 11.3. The van der Waals surface area contributed by atoms with Crippen molar-refractivity contribution in [3.63, 3.8) is 0 Å². The van der Waals surface area contributed by atoms with Gasteiger partial charge in [0.05, 0.1) is 11.1 Å². The van der Waals surface area contributed by atoms with E-state index < -0.39 is 17.6 Å². The van der Waals surface area contributed by atoms with E-state index in [0.717, 1.165) is 12.1 Å². The van der Waals surface area contributed by atoms with Gasteiger partial charge in [-0.25, -0.2) is 14.2 Å². The number of amides is 2. The van der Waals surface area contributed by atoms with Crippen LogP contribution in [-0.4, -0.2) is 47.3 Å². The average Bonchev–Trinajstić information content (AvgIpc) is 2.99. The molecule has 2 aliphatic heterocycles. The van der Waals surface area contributed by atoms with Crippen molar-refractivity contribution in [1.29, 1.82) is 0 Å². The fourth-order valence-electron chi connectivity index (χ4n) is 4.35. The van der Waals surface area contributed by atoms with Crippen molar-refractivity contribution >= 4 is 23.2 Å². The Hall–Kier alpha value is -4.08. The van der Waals surface area contributed by atoms with Gasteiger partial charge in [-0.05, 0) is 55.5 Å². The van der Waals surface area contributed by atoms with Crippen LogP contribution in [0.1, 0.15) is 18.1 Å². The van der Waals surface area contributed by atoms with Gasteiger partial charge in [-0.15, -0.1) is 0 Å². The van der Waals surface area contributed by atoms with Crippen molar-refractivity contribution in [2.24, 2.45) is 4.99 Å². The lowest BCUT2D eigenvalue weighted by Gasteiger charge is -2.41. The van der Waals surface area contributed by atoms with Gasteiger partial charge < -0.3 is 19.9 Å². The minimum atomic E-state index is -4.51. The Morgan fingerprint density at radius 2 is 1.83 bits per heavy atom. The number of hydrogen-bond acceptors (Lipinski definition) is 4. The molecule has 6 nitrogen and oxygen atoms in total. The molecule has 2 heterocycles. The van der Waals surface area contributed by atoms with Crippen LogP contribution >= 0.6 is 0 Å². The molecule has 0 aliphatic carbocycles. The summed E-state index contributed by atoms with van der Waals surface area (Å²) in [7, 11) is 0. The molecule has 0 radical (unpaired) electrons. The van der Waals surface area contributed by atoms with Gasteiger partial charge in [0.25, 0.3) is 0 Å². The highest BCUT2D eigenvalue weighted by Gasteiger charge is 2.34. The Balaban J connectivity index is 1.42. The summed E-state index contributed by atoms with van der Waals surface area (Å²) in [4.78, 5) is 21.0. The Morgan fingerprint density at radius 1 is 1.03 bits per heavy atom. The molecule has 36 heavy (non-hydrogen) atoms. The molecule has 1 atom stereocenters. The van der Waals surface area contributed by atoms with Crippen LogP contribution in [0.2, 0.25) is 0 Å². The number of halogens is 4. The number of para-hydroxylation sites is 1. The highest BCUT2D eigenvalue weighted by molar-refractivity contribution is 6.04. The zero-order chi connectivity index (χ0) is 25.4. The van der Waals surface area contributed by atoms with Crippen LogP contribution in [-0.2, 0) is 6.18 Å². The molecular weight excluding hydrogens is 476 g/mol. The number of benzene rings is 3. The number of nitrogens with one attached hydrogen (secondary N) is 1. The van der Waals surface area contributed by atoms with E-state index in [-0.39, 0.29) is 23.5 Å². The number of nitrogens with zero attached hydrogens (tertiary/aromatic N) is 3. The molecule has 1 unspecified atom stereocenters. The Labute approximate surface area is 204 Å². The molecule has 0 saturated carbocycles. The number of carbonyl (C=O) groups excluding carboxylic acids is 1. The molecular formula is C26H22F4N4O2. The summed E-state index contributed by atoms with van der Waals surface area (Å²) < 4.78 is 59.5. The van der Waals surface area contributed by atoms with E-state index in [0.29, 0.717) is 42.5 Å². The minimum absolute atomic E-state index is 0.0787. The van der Waals surface area contributed by atoms with Gasteiger partial charge >= 0.3 is 12.2 Å². The maximum Gasteiger partial charge on any atom is 0.416 e. The molecule has 5 rings (SSSR count). The first kappa shape index (κ1) is 23.7. The number of urea groups is 1. The van der Waals surface area contributed by atoms with Gasteiger partial charge in [-0.1, -0.05) is 18.2 Å². The first-order valence-electron chi connectivity index (χ1n) is 11.3. The van der Waals surface area contributed by atoms with Crippen LogP contribution < -0.4 is 10.1 Å². The monoisotopic (exact) mass is 498 g/mol. The summed E-state index contributed by atoms with van der Waals surface area (Å²) in [6.07, 6.45) is -4.51. The smallest absolute Gasteiger partial charge is 0.416 e. The summed E-state index contributed by atoms with van der Waals surface area (Å²) in [5.74, 6) is 0.730. The molecule has 0 aromatic heterocycles. The summed E-state index contributed by atoms with van der Waals surface area (Å²) in [5.41, 5.74) is 0.263. The summed E-state index contributed by atoms with van der Waals surface area (Å²) in [6, 6.07) is 15.4. The fourth-order valence-corrected chi connectivity index (χ4v) is 4.35. The Kier molecular flexibility index (Phi) is 6.03. The average molecular weight is 498 g/mol. The van der Waals surface area contributed by atoms with E-state index in [1.165, 1.54) is 24.3 Å². The number of anilines is 1. The van der Waals surface area contributed by atoms with E-state index >= 15 is 0 Å². The Bertz CT molecular complexity index is 1340. The lowest BCUT2D eigenvalue weighted by atomic mass is 10.1. The van der Waals surface area contributed by atoms with Crippen molar-refractivity contribution in [1.82, 2.24) is 9.80 Å². The topological polar surface area (TPSA) is 57.2 Å². The lowest BCUT2D eigenvalue weighted by molar-refractivity contribution is -0.137. The quantitative estimate of drug-likeness (QED) is 0.403. The largest absolute Gasteiger partial charge is 0.454 e. The van der Waals surface area contributed by atoms with E-state index in [4.69, 9.17) is 4.74 Å². The van der Waals surface area contributed by atoms with Crippen LogP contribution in [0.25, 0.3) is 0 Å². The number of rotatable bonds is 1. The third-order valence-corrected chi connectivity index (χ3v) is 6.12. The van der Waals surface area contributed by atoms with E-state index in [9.17, 15) is 22.4 Å². The van der Waals surface area contributed by atoms with Crippen molar-refractivity contribution in [3.8, 4) is 11.5 Å². The highest BCUT2D eigenvalue weighted by atomic mass is 19.4. The van der Waals surface area contributed by atoms with Crippen LogP contribution in [0, 0.1) is 5.82 Å². The van der Waals surface area contributed by atoms with Crippen molar-refractivity contribution < 1.29 is 27.1 Å². The SMILES string of the molecule is CC1CN(C2=Nc3cc(C(F)(F)F)ccc3Oc3ccccc32)CCN1C(=O)Nc1cccc(F)c1. The van der Waals surface area contributed by atoms with Crippen LogP contribution in [0.3, 0.4) is 0 Å². The number of alkyl halides is 3. The summed E-state index contributed by atoms with van der Waals surface area (Å²) in [6.45, 7) is 2.98. The number of amidine groups is 1. The number of piperazine rings is 1. The number of carbonyl (C=O) groups is 1. The summed E-state index contributed by atoms with van der Waals surface area (Å²) >= 11 is 0. The Morgan fingerprint density at radius 3 is 2.58 bits per heavy atom. The second kappa shape index (κ2) is 9.18. The second-order valence-electron chi connectivity index (χ2n) is 8.64. The third kappa shape index (κ3) is 4.71. The molecule has 3 aromatic rings. The standard InChI is InChI=1S/C26H22F4N4O2/c1-16-15-33(11-12-34(16)25(35)31-19-6-4-5-18(27)14-19)24-20-7-2-3-8-22(20)36-23-10-9-17(26(28,29)30)13-21(23)32-24/h2-10,13-14,16H,11-12,15H2,1H3,(H,31,35). The van der Waals surface area contributed by atoms with Crippen LogP contribution in [0.4, 0.5) is 33.7 Å². The maximum absolute atomic E-state index is 13.5. The first-order chi connectivity index (χ1) is 17.2. The van der Waals surface area contributed by atoms with Gasteiger partial charge in [0.2, 0.25) is 0 Å². The molecule has 2 aliphatic rings. The molecule has 1 fully saturated rings. The van der Waals surface area contributed by atoms with Crippen molar-refractivity contribution in [3.05, 3.63) is 83.7 Å². The zero-order valence-corrected chi connectivity index (χ0v) is 19.2. The summed E-state index contributed by atoms with van der Waals surface area (Å²) in [5, 5.41) is 2.71. The number of ether oxygens (including phenoxy) is 1. The van der Waals surface area contributed by atoms with Gasteiger partial charge in [-0.3, -0.25) is 0 Å². The number of fused-ring (bicyclic) bond motifs is 2. The number of aliphatic imine (C=N–C) groups is 1. The van der Waals surface area contributed by atoms with Gasteiger partial charge in [0.15, 0.2) is 5.75 Å². The van der Waals surface area contributed by atoms with Gasteiger partial charge in [0.1, 0.15) is 23.1 Å². The molecule has 2 amide bonds. The lowest BCUT2D eigenvalue weighted by Crippen LogP contribution is -2.56. The van der Waals surface area contributed by atoms with Crippen LogP contribution in [0.15, 0.2) is 71.7 Å². The molecule has 10 heteroatoms. The second-order valence-corrected chi connectivity index (χ2v) is 8.64. The van der Waals surface area contributed by atoms with Gasteiger partial charge in [0, 0.05) is 31.4 Å². The number of hydrogen-bond donors (Lipinski definition) is 1. The van der Waals surface area contributed by atoms with E-state index in [2.05, 4.69) is 10.3 Å². The van der Waals surface area contributed by atoms with Crippen molar-refractivity contribution in [2.45, 2.75) is 19.1 Å². The molecule has 3 aromatic carbocycles. The van der Waals surface area contributed by atoms with E-state index in [1.54, 1.807) is 35.2 Å². The van der Waals surface area contributed by atoms with Gasteiger partial charge in [-0.2, -0.15) is 13.2 Å². The molecule has 186 valence electrons. The third-order valence-electron chi connectivity index (χ3n) is 6.12. The predicted octanol–water partition coefficient (Wildman–Crippen LogP) is 6.27. The molecule has 1 saturated heterocycles. The highest BCUT2D eigenvalue weighted by Crippen LogP contribution is 2.41. The van der Waals surface area contributed by atoms with Crippen molar-refractivity contribution in [2.75, 3.05) is 25.0 Å².